The van der Waals surface area contributed by atoms with E-state index in [4.69, 9.17) is 28.9 Å². The van der Waals surface area contributed by atoms with E-state index in [1.54, 1.807) is 23.5 Å². The van der Waals surface area contributed by atoms with Crippen molar-refractivity contribution in [3.05, 3.63) is 32.6 Å². The van der Waals surface area contributed by atoms with Crippen molar-refractivity contribution in [1.29, 1.82) is 0 Å². The highest BCUT2D eigenvalue weighted by Gasteiger charge is 2.11. The maximum absolute atomic E-state index is 5.98. The van der Waals surface area contributed by atoms with Gasteiger partial charge in [0.05, 0.1) is 26.1 Å². The highest BCUT2D eigenvalue weighted by atomic mass is 35.5. The first kappa shape index (κ1) is 12.9. The Hall–Kier alpha value is -1.14. The van der Waals surface area contributed by atoms with Crippen LogP contribution < -0.4 is 5.73 Å². The number of halogens is 2. The lowest BCUT2D eigenvalue weighted by molar-refractivity contribution is 0.953. The summed E-state index contributed by atoms with van der Waals surface area (Å²) in [6.07, 6.45) is 0.780. The van der Waals surface area contributed by atoms with Gasteiger partial charge < -0.3 is 10.7 Å². The molecule has 2 heterocycles. The quantitative estimate of drug-likeness (QED) is 0.777. The first-order valence-corrected chi connectivity index (χ1v) is 7.30. The van der Waals surface area contributed by atoms with Crippen molar-refractivity contribution in [3.8, 4) is 11.5 Å². The first-order valence-electron chi connectivity index (χ1n) is 5.67. The summed E-state index contributed by atoms with van der Waals surface area (Å²) < 4.78 is 0. The largest absolute Gasteiger partial charge is 0.337 e. The van der Waals surface area contributed by atoms with Crippen LogP contribution in [0, 0.1) is 0 Å². The molecule has 0 saturated carbocycles. The number of rotatable bonds is 3. The molecule has 0 bridgehead atoms. The average molecular weight is 313 g/mol. The fraction of sp³-hybridized carbons (Fsp3) is 0.167. The Labute approximate surface area is 123 Å². The molecule has 1 aromatic carbocycles. The lowest BCUT2D eigenvalue weighted by Gasteiger charge is -1.93. The predicted molar refractivity (Wildman–Crippen MR) is 80.0 cm³/mol. The topological polar surface area (TPSA) is 67.6 Å². The van der Waals surface area contributed by atoms with Crippen molar-refractivity contribution in [2.45, 2.75) is 6.42 Å². The summed E-state index contributed by atoms with van der Waals surface area (Å²) in [6, 6.07) is 3.51. The molecular formula is C12H10Cl2N4S. The summed E-state index contributed by atoms with van der Waals surface area (Å²) in [6.45, 7) is 0.596. The number of aromatic amines is 1. The van der Waals surface area contributed by atoms with Gasteiger partial charge in [-0.2, -0.15) is 0 Å². The maximum Gasteiger partial charge on any atom is 0.158 e. The fourth-order valence-electron chi connectivity index (χ4n) is 1.78. The molecule has 0 radical (unpaired) electrons. The van der Waals surface area contributed by atoms with E-state index in [1.165, 1.54) is 0 Å². The van der Waals surface area contributed by atoms with Crippen LogP contribution in [0.1, 0.15) is 5.01 Å². The molecule has 98 valence electrons. The number of imidazole rings is 1. The van der Waals surface area contributed by atoms with Crippen molar-refractivity contribution < 1.29 is 0 Å². The van der Waals surface area contributed by atoms with Crippen LogP contribution in [0.5, 0.6) is 0 Å². The Balaban J connectivity index is 2.04. The maximum atomic E-state index is 5.98. The van der Waals surface area contributed by atoms with Gasteiger partial charge in [0.2, 0.25) is 0 Å². The minimum absolute atomic E-state index is 0.495. The smallest absolute Gasteiger partial charge is 0.158 e. The normalized spacial score (nSPS) is 11.3. The number of aromatic nitrogens is 3. The van der Waals surface area contributed by atoms with Crippen LogP contribution in [-0.4, -0.2) is 21.5 Å². The third-order valence-corrected chi connectivity index (χ3v) is 4.31. The van der Waals surface area contributed by atoms with Crippen molar-refractivity contribution in [1.82, 2.24) is 15.0 Å². The van der Waals surface area contributed by atoms with E-state index in [-0.39, 0.29) is 0 Å². The van der Waals surface area contributed by atoms with Gasteiger partial charge in [0.1, 0.15) is 5.69 Å². The Morgan fingerprint density at radius 1 is 1.21 bits per heavy atom. The third-order valence-electron chi connectivity index (χ3n) is 2.68. The highest BCUT2D eigenvalue weighted by molar-refractivity contribution is 7.09. The van der Waals surface area contributed by atoms with Gasteiger partial charge in [0, 0.05) is 11.8 Å². The molecule has 19 heavy (non-hydrogen) atoms. The van der Waals surface area contributed by atoms with E-state index < -0.39 is 0 Å². The van der Waals surface area contributed by atoms with E-state index in [9.17, 15) is 0 Å². The van der Waals surface area contributed by atoms with Gasteiger partial charge in [-0.3, -0.25) is 0 Å². The summed E-state index contributed by atoms with van der Waals surface area (Å²) in [5.74, 6) is 0.716. The molecule has 0 aliphatic rings. The number of benzene rings is 1. The number of hydrogen-bond acceptors (Lipinski definition) is 4. The van der Waals surface area contributed by atoms with Crippen LogP contribution in [0.2, 0.25) is 10.0 Å². The Kier molecular flexibility index (Phi) is 3.45. The zero-order valence-electron chi connectivity index (χ0n) is 9.78. The molecule has 0 aliphatic carbocycles. The lowest BCUT2D eigenvalue weighted by Crippen LogP contribution is -2.02. The van der Waals surface area contributed by atoms with E-state index in [1.807, 2.05) is 5.38 Å². The molecule has 0 atom stereocenters. The van der Waals surface area contributed by atoms with Crippen molar-refractivity contribution >= 4 is 45.6 Å². The minimum atomic E-state index is 0.495. The second-order valence-corrected chi connectivity index (χ2v) is 5.79. The van der Waals surface area contributed by atoms with Crippen LogP contribution in [0.25, 0.3) is 22.6 Å². The Morgan fingerprint density at radius 2 is 2.00 bits per heavy atom. The van der Waals surface area contributed by atoms with E-state index in [0.29, 0.717) is 22.4 Å². The molecule has 0 aliphatic heterocycles. The molecule has 2 aromatic heterocycles. The van der Waals surface area contributed by atoms with Crippen LogP contribution in [0.4, 0.5) is 0 Å². The SMILES string of the molecule is NCCc1nc(-c2nc3cc(Cl)c(Cl)cc3[nH]2)cs1. The standard InChI is InChI=1S/C12H10Cl2N4S/c13-6-3-8-9(4-7(6)14)18-12(17-8)10-5-19-11(16-10)1-2-15/h3-5H,1-2,15H2,(H,17,18). The number of nitrogens with one attached hydrogen (secondary N) is 1. The summed E-state index contributed by atoms with van der Waals surface area (Å²) in [4.78, 5) is 12.2. The molecule has 0 unspecified atom stereocenters. The second-order valence-electron chi connectivity index (χ2n) is 4.03. The van der Waals surface area contributed by atoms with E-state index in [0.717, 1.165) is 28.2 Å². The van der Waals surface area contributed by atoms with Crippen LogP contribution in [-0.2, 0) is 6.42 Å². The molecular weight excluding hydrogens is 303 g/mol. The molecule has 0 fully saturated rings. The van der Waals surface area contributed by atoms with Crippen LogP contribution >= 0.6 is 34.5 Å². The minimum Gasteiger partial charge on any atom is -0.337 e. The number of thiazole rings is 1. The highest BCUT2D eigenvalue weighted by Crippen LogP contribution is 2.29. The summed E-state index contributed by atoms with van der Waals surface area (Å²) in [5.41, 5.74) is 7.95. The number of fused-ring (bicyclic) bond motifs is 1. The summed E-state index contributed by atoms with van der Waals surface area (Å²) in [7, 11) is 0. The van der Waals surface area contributed by atoms with Crippen molar-refractivity contribution in [2.24, 2.45) is 5.73 Å². The Bertz CT molecular complexity index is 695. The Morgan fingerprint density at radius 3 is 2.79 bits per heavy atom. The van der Waals surface area contributed by atoms with Gasteiger partial charge in [0.25, 0.3) is 0 Å². The molecule has 3 N–H and O–H groups in total. The van der Waals surface area contributed by atoms with Crippen LogP contribution in [0.15, 0.2) is 17.5 Å². The monoisotopic (exact) mass is 312 g/mol. The number of H-pyrrole nitrogens is 1. The van der Waals surface area contributed by atoms with Crippen molar-refractivity contribution in [2.75, 3.05) is 6.54 Å². The number of nitrogens with zero attached hydrogens (tertiary/aromatic N) is 2. The molecule has 4 nitrogen and oxygen atoms in total. The van der Waals surface area contributed by atoms with Gasteiger partial charge in [0.15, 0.2) is 5.82 Å². The molecule has 0 saturated heterocycles. The van der Waals surface area contributed by atoms with Crippen molar-refractivity contribution in [3.63, 3.8) is 0 Å². The van der Waals surface area contributed by atoms with E-state index in [2.05, 4.69) is 15.0 Å². The number of hydrogen-bond donors (Lipinski definition) is 2. The number of nitrogens with two attached hydrogens (primary N) is 1. The zero-order chi connectivity index (χ0) is 13.4. The van der Waals surface area contributed by atoms with Gasteiger partial charge in [-0.05, 0) is 18.7 Å². The van der Waals surface area contributed by atoms with Gasteiger partial charge in [-0.1, -0.05) is 23.2 Å². The van der Waals surface area contributed by atoms with E-state index >= 15 is 0 Å². The molecule has 0 amide bonds. The average Bonchev–Trinajstić information content (AvgIpc) is 2.97. The second kappa shape index (κ2) is 5.09. The molecule has 7 heteroatoms. The molecule has 3 aromatic rings. The summed E-state index contributed by atoms with van der Waals surface area (Å²) in [5, 5.41) is 3.97. The molecule has 0 spiro atoms. The summed E-state index contributed by atoms with van der Waals surface area (Å²) >= 11 is 13.5. The van der Waals surface area contributed by atoms with Gasteiger partial charge in [-0.25, -0.2) is 9.97 Å². The first-order chi connectivity index (χ1) is 9.17. The third kappa shape index (κ3) is 2.47. The fourth-order valence-corrected chi connectivity index (χ4v) is 2.90. The lowest BCUT2D eigenvalue weighted by atomic mass is 10.3. The predicted octanol–water partition coefficient (Wildman–Crippen LogP) is 3.49. The van der Waals surface area contributed by atoms with Gasteiger partial charge in [-0.15, -0.1) is 11.3 Å². The van der Waals surface area contributed by atoms with Gasteiger partial charge >= 0.3 is 0 Å². The molecule has 3 rings (SSSR count). The van der Waals surface area contributed by atoms with Crippen LogP contribution in [0.3, 0.4) is 0 Å². The zero-order valence-corrected chi connectivity index (χ0v) is 12.1.